The van der Waals surface area contributed by atoms with E-state index in [0.29, 0.717) is 11.6 Å². The third kappa shape index (κ3) is 3.96. The first-order chi connectivity index (χ1) is 9.97. The lowest BCUT2D eigenvalue weighted by molar-refractivity contribution is -0.137. The second kappa shape index (κ2) is 6.60. The van der Waals surface area contributed by atoms with E-state index in [1.807, 2.05) is 7.05 Å². The molecule has 1 aliphatic rings. The number of hydrogen-bond donors (Lipinski definition) is 2. The van der Waals surface area contributed by atoms with Crippen LogP contribution in [0, 0.1) is 5.92 Å². The number of carbonyl (C=O) groups excluding carboxylic acids is 1. The highest BCUT2D eigenvalue weighted by molar-refractivity contribution is 5.89. The molecule has 1 saturated carbocycles. The molecular formula is C14H22N4O3. The van der Waals surface area contributed by atoms with E-state index in [9.17, 15) is 9.59 Å². The number of anilines is 1. The van der Waals surface area contributed by atoms with Crippen molar-refractivity contribution in [2.45, 2.75) is 45.2 Å². The first-order valence-corrected chi connectivity index (χ1v) is 7.25. The van der Waals surface area contributed by atoms with Crippen LogP contribution in [0.1, 0.15) is 32.6 Å². The lowest BCUT2D eigenvalue weighted by Crippen LogP contribution is -2.44. The van der Waals surface area contributed by atoms with E-state index >= 15 is 0 Å². The number of nitrogens with zero attached hydrogens (tertiary/aromatic N) is 3. The molecular weight excluding hydrogens is 272 g/mol. The van der Waals surface area contributed by atoms with E-state index in [-0.39, 0.29) is 18.6 Å². The van der Waals surface area contributed by atoms with E-state index < -0.39 is 5.97 Å². The van der Waals surface area contributed by atoms with Crippen molar-refractivity contribution in [3.63, 3.8) is 0 Å². The summed E-state index contributed by atoms with van der Waals surface area (Å²) in [6, 6.07) is 0.0800. The molecule has 1 aromatic heterocycles. The predicted molar refractivity (Wildman–Crippen MR) is 78.1 cm³/mol. The number of carboxylic acid groups (broad SMARTS) is 1. The van der Waals surface area contributed by atoms with E-state index in [1.54, 1.807) is 4.90 Å². The number of carbonyl (C=O) groups is 2. The third-order valence-corrected chi connectivity index (χ3v) is 4.07. The van der Waals surface area contributed by atoms with Crippen molar-refractivity contribution < 1.29 is 14.7 Å². The number of urea groups is 1. The smallest absolute Gasteiger partial charge is 0.325 e. The van der Waals surface area contributed by atoms with E-state index in [1.165, 1.54) is 23.5 Å². The molecule has 1 heterocycles. The van der Waals surface area contributed by atoms with Crippen LogP contribution >= 0.6 is 0 Å². The minimum atomic E-state index is -0.968. The summed E-state index contributed by atoms with van der Waals surface area (Å²) in [6.45, 7) is 1.96. The molecule has 0 bridgehead atoms. The number of aliphatic carboxylic acids is 1. The second-order valence-corrected chi connectivity index (χ2v) is 5.69. The summed E-state index contributed by atoms with van der Waals surface area (Å²) in [7, 11) is 1.81. The fraction of sp³-hybridized carbons (Fsp3) is 0.643. The van der Waals surface area contributed by atoms with Crippen molar-refractivity contribution in [1.29, 1.82) is 0 Å². The molecule has 0 aromatic carbocycles. The third-order valence-electron chi connectivity index (χ3n) is 4.07. The molecule has 7 heteroatoms. The molecule has 2 atom stereocenters. The SMILES string of the molecule is CC1CCCCC1N(C)C(=O)Nc1cnn(CC(=O)O)c1. The number of amides is 2. The molecule has 2 unspecified atom stereocenters. The van der Waals surface area contributed by atoms with Crippen LogP contribution in [0.15, 0.2) is 12.4 Å². The number of rotatable bonds is 4. The van der Waals surface area contributed by atoms with Crippen molar-refractivity contribution in [3.05, 3.63) is 12.4 Å². The highest BCUT2D eigenvalue weighted by atomic mass is 16.4. The zero-order valence-electron chi connectivity index (χ0n) is 12.5. The molecule has 2 N–H and O–H groups in total. The molecule has 0 spiro atoms. The van der Waals surface area contributed by atoms with Gasteiger partial charge in [0.25, 0.3) is 0 Å². The van der Waals surface area contributed by atoms with Gasteiger partial charge in [-0.15, -0.1) is 0 Å². The molecule has 7 nitrogen and oxygen atoms in total. The highest BCUT2D eigenvalue weighted by Crippen LogP contribution is 2.27. The Kier molecular flexibility index (Phi) is 4.82. The highest BCUT2D eigenvalue weighted by Gasteiger charge is 2.27. The lowest BCUT2D eigenvalue weighted by atomic mass is 9.85. The van der Waals surface area contributed by atoms with Gasteiger partial charge in [0.05, 0.1) is 11.9 Å². The first kappa shape index (κ1) is 15.3. The topological polar surface area (TPSA) is 87.5 Å². The normalized spacial score (nSPS) is 21.8. The fourth-order valence-corrected chi connectivity index (χ4v) is 2.89. The maximum atomic E-state index is 12.3. The van der Waals surface area contributed by atoms with Crippen LogP contribution in [0.5, 0.6) is 0 Å². The Bertz CT molecular complexity index is 514. The maximum Gasteiger partial charge on any atom is 0.325 e. The molecule has 0 aliphatic heterocycles. The Balaban J connectivity index is 1.93. The number of aromatic nitrogens is 2. The molecule has 0 radical (unpaired) electrons. The van der Waals surface area contributed by atoms with E-state index in [4.69, 9.17) is 5.11 Å². The van der Waals surface area contributed by atoms with Gasteiger partial charge in [0.2, 0.25) is 0 Å². The first-order valence-electron chi connectivity index (χ1n) is 7.25. The maximum absolute atomic E-state index is 12.3. The van der Waals surface area contributed by atoms with Gasteiger partial charge in [-0.1, -0.05) is 19.8 Å². The summed E-state index contributed by atoms with van der Waals surface area (Å²) in [6.07, 6.45) is 7.55. The van der Waals surface area contributed by atoms with E-state index in [0.717, 1.165) is 19.3 Å². The number of carboxylic acids is 1. The number of hydrogen-bond acceptors (Lipinski definition) is 3. The summed E-state index contributed by atoms with van der Waals surface area (Å²) in [5, 5.41) is 15.4. The van der Waals surface area contributed by atoms with Crippen molar-refractivity contribution in [2.24, 2.45) is 5.92 Å². The fourth-order valence-electron chi connectivity index (χ4n) is 2.89. The van der Waals surface area contributed by atoms with Gasteiger partial charge in [0.15, 0.2) is 0 Å². The van der Waals surface area contributed by atoms with Crippen LogP contribution in [-0.4, -0.2) is 44.9 Å². The predicted octanol–water partition coefficient (Wildman–Crippen LogP) is 2.01. The molecule has 1 aromatic rings. The van der Waals surface area contributed by atoms with Gasteiger partial charge in [-0.25, -0.2) is 4.79 Å². The van der Waals surface area contributed by atoms with Crippen LogP contribution in [0.4, 0.5) is 10.5 Å². The van der Waals surface area contributed by atoms with Gasteiger partial charge >= 0.3 is 12.0 Å². The molecule has 2 rings (SSSR count). The monoisotopic (exact) mass is 294 g/mol. The Labute approximate surface area is 123 Å². The Morgan fingerprint density at radius 2 is 2.19 bits per heavy atom. The van der Waals surface area contributed by atoms with Crippen molar-refractivity contribution in [3.8, 4) is 0 Å². The Hall–Kier alpha value is -2.05. The lowest BCUT2D eigenvalue weighted by Gasteiger charge is -2.36. The average molecular weight is 294 g/mol. The average Bonchev–Trinajstić information content (AvgIpc) is 2.84. The summed E-state index contributed by atoms with van der Waals surface area (Å²) < 4.78 is 1.28. The quantitative estimate of drug-likeness (QED) is 0.889. The minimum absolute atomic E-state index is 0.177. The van der Waals surface area contributed by atoms with Crippen LogP contribution in [0.2, 0.25) is 0 Å². The van der Waals surface area contributed by atoms with Crippen molar-refractivity contribution >= 4 is 17.7 Å². The molecule has 1 aliphatic carbocycles. The molecule has 0 saturated heterocycles. The number of nitrogens with one attached hydrogen (secondary N) is 1. The van der Waals surface area contributed by atoms with Gasteiger partial charge in [0.1, 0.15) is 6.54 Å². The van der Waals surface area contributed by atoms with E-state index in [2.05, 4.69) is 17.3 Å². The second-order valence-electron chi connectivity index (χ2n) is 5.69. The van der Waals surface area contributed by atoms with Gasteiger partial charge < -0.3 is 15.3 Å². The Morgan fingerprint density at radius 3 is 2.86 bits per heavy atom. The summed E-state index contributed by atoms with van der Waals surface area (Å²) in [5.41, 5.74) is 0.511. The molecule has 1 fully saturated rings. The molecule has 116 valence electrons. The van der Waals surface area contributed by atoms with Gasteiger partial charge in [0, 0.05) is 19.3 Å². The van der Waals surface area contributed by atoms with Gasteiger partial charge in [-0.2, -0.15) is 5.10 Å². The van der Waals surface area contributed by atoms with Gasteiger partial charge in [-0.3, -0.25) is 9.48 Å². The standard InChI is InChI=1S/C14H22N4O3/c1-10-5-3-4-6-12(10)17(2)14(21)16-11-7-15-18(8-11)9-13(19)20/h7-8,10,12H,3-6,9H2,1-2H3,(H,16,21)(H,19,20). The zero-order chi connectivity index (χ0) is 15.4. The minimum Gasteiger partial charge on any atom is -0.480 e. The van der Waals surface area contributed by atoms with Crippen LogP contribution in [0.3, 0.4) is 0 Å². The van der Waals surface area contributed by atoms with Crippen molar-refractivity contribution in [2.75, 3.05) is 12.4 Å². The molecule has 21 heavy (non-hydrogen) atoms. The summed E-state index contributed by atoms with van der Waals surface area (Å²) >= 11 is 0. The van der Waals surface area contributed by atoms with Crippen LogP contribution < -0.4 is 5.32 Å². The zero-order valence-corrected chi connectivity index (χ0v) is 12.5. The largest absolute Gasteiger partial charge is 0.480 e. The summed E-state index contributed by atoms with van der Waals surface area (Å²) in [5.74, 6) is -0.464. The summed E-state index contributed by atoms with van der Waals surface area (Å²) in [4.78, 5) is 24.6. The molecule has 2 amide bonds. The van der Waals surface area contributed by atoms with Crippen LogP contribution in [0.25, 0.3) is 0 Å². The van der Waals surface area contributed by atoms with Gasteiger partial charge in [-0.05, 0) is 18.8 Å². The Morgan fingerprint density at radius 1 is 1.48 bits per heavy atom. The van der Waals surface area contributed by atoms with Crippen molar-refractivity contribution in [1.82, 2.24) is 14.7 Å². The van der Waals surface area contributed by atoms with Crippen LogP contribution in [-0.2, 0) is 11.3 Å².